The molecule has 6 saturated carbocycles. The van der Waals surface area contributed by atoms with E-state index in [1.807, 2.05) is 0 Å². The highest BCUT2D eigenvalue weighted by molar-refractivity contribution is 5.87. The van der Waals surface area contributed by atoms with Crippen molar-refractivity contribution in [2.24, 2.45) is 92.7 Å². The van der Waals surface area contributed by atoms with Gasteiger partial charge in [-0.05, 0) is 184 Å². The van der Waals surface area contributed by atoms with Crippen LogP contribution in [-0.4, -0.2) is 29.2 Å². The van der Waals surface area contributed by atoms with Gasteiger partial charge in [0, 0.05) is 25.0 Å². The Balaban J connectivity index is 0.961. The molecule has 0 radical (unpaired) electrons. The standard InChI is InChI=1S/C45H70O3/c1-27(25-46)35-11-13-37-33-9-7-31-23-29(15-19-42(31,3)39(33)17-21-44(35,37)5)41(48)30-16-20-43(4)32(24-30)8-10-34-38-14-12-36(28(2)26-47)45(38,6)22-18-40(34)43/h23-24,27-30,33-40,46-47H,7-22,25-26H2,1-6H3/t27?,28?,29?,30?,33-,34-,35+,36+,37-,38-,39-,40-,42-,43-,44+,45+/m0/s1. The zero-order chi connectivity index (χ0) is 33.8. The Morgan fingerprint density at radius 3 is 1.42 bits per heavy atom. The van der Waals surface area contributed by atoms with Crippen molar-refractivity contribution in [1.29, 1.82) is 0 Å². The molecule has 16 atom stereocenters. The van der Waals surface area contributed by atoms with E-state index in [1.165, 1.54) is 89.9 Å². The maximum atomic E-state index is 14.4. The number of ketones is 1. The lowest BCUT2D eigenvalue weighted by Gasteiger charge is -2.59. The first-order valence-corrected chi connectivity index (χ1v) is 21.1. The molecule has 0 saturated heterocycles. The third-order valence-corrected chi connectivity index (χ3v) is 19.1. The van der Waals surface area contributed by atoms with Crippen LogP contribution in [0.25, 0.3) is 0 Å². The SMILES string of the molecule is CC(CO)[C@H]1CC[C@H]2[C@@H]3CCC4=CC(C(=O)C5C=C6CC[C@H]7[C@@H]8CC[C@H](C(C)CO)[C@@]8(C)CC[C@@H]7[C@@]6(C)CC5)CC[C@]4(C)[C@H]3CC[C@]12C. The lowest BCUT2D eigenvalue weighted by molar-refractivity contribution is -0.126. The fourth-order valence-corrected chi connectivity index (χ4v) is 16.4. The maximum Gasteiger partial charge on any atom is 0.146 e. The van der Waals surface area contributed by atoms with Gasteiger partial charge in [0.05, 0.1) is 0 Å². The second-order valence-corrected chi connectivity index (χ2v) is 20.5. The summed E-state index contributed by atoms with van der Waals surface area (Å²) in [7, 11) is 0. The number of allylic oxidation sites excluding steroid dienone is 4. The molecule has 0 heterocycles. The number of aliphatic hydroxyl groups is 2. The number of hydrogen-bond acceptors (Lipinski definition) is 3. The van der Waals surface area contributed by atoms with E-state index in [-0.39, 0.29) is 22.7 Å². The predicted octanol–water partition coefficient (Wildman–Crippen LogP) is 10.2. The Hall–Kier alpha value is -0.930. The van der Waals surface area contributed by atoms with Gasteiger partial charge >= 0.3 is 0 Å². The highest BCUT2D eigenvalue weighted by atomic mass is 16.3. The van der Waals surface area contributed by atoms with Gasteiger partial charge in [0.15, 0.2) is 0 Å². The molecule has 8 rings (SSSR count). The monoisotopic (exact) mass is 659 g/mol. The van der Waals surface area contributed by atoms with Crippen LogP contribution < -0.4 is 0 Å². The molecule has 0 spiro atoms. The molecule has 8 aliphatic rings. The predicted molar refractivity (Wildman–Crippen MR) is 195 cm³/mol. The number of fused-ring (bicyclic) bond motifs is 10. The molecule has 0 aromatic carbocycles. The van der Waals surface area contributed by atoms with Crippen molar-refractivity contribution in [2.75, 3.05) is 13.2 Å². The van der Waals surface area contributed by atoms with Crippen LogP contribution in [0.5, 0.6) is 0 Å². The van der Waals surface area contributed by atoms with Crippen LogP contribution in [0.2, 0.25) is 0 Å². The minimum absolute atomic E-state index is 0.126. The first kappa shape index (κ1) is 34.2. The molecule has 6 fully saturated rings. The van der Waals surface area contributed by atoms with Crippen LogP contribution in [0.1, 0.15) is 144 Å². The molecule has 8 aliphatic carbocycles. The summed E-state index contributed by atoms with van der Waals surface area (Å²) in [6.45, 7) is 15.6. The van der Waals surface area contributed by atoms with Gasteiger partial charge in [0.2, 0.25) is 0 Å². The molecule has 0 aromatic rings. The lowest BCUT2D eigenvalue weighted by atomic mass is 9.45. The van der Waals surface area contributed by atoms with Crippen LogP contribution in [-0.2, 0) is 4.79 Å². The smallest absolute Gasteiger partial charge is 0.146 e. The minimum atomic E-state index is 0.126. The van der Waals surface area contributed by atoms with Crippen molar-refractivity contribution in [1.82, 2.24) is 0 Å². The summed E-state index contributed by atoms with van der Waals surface area (Å²) in [5.41, 5.74) is 4.69. The van der Waals surface area contributed by atoms with Gasteiger partial charge in [-0.15, -0.1) is 0 Å². The van der Waals surface area contributed by atoms with Gasteiger partial charge in [0.1, 0.15) is 5.78 Å². The van der Waals surface area contributed by atoms with Crippen LogP contribution in [0.4, 0.5) is 0 Å². The van der Waals surface area contributed by atoms with E-state index in [0.717, 1.165) is 48.3 Å². The lowest BCUT2D eigenvalue weighted by Crippen LogP contribution is -2.51. The summed E-state index contributed by atoms with van der Waals surface area (Å²) in [4.78, 5) is 14.4. The Kier molecular flexibility index (Phi) is 8.59. The Morgan fingerprint density at radius 2 is 1.02 bits per heavy atom. The molecular formula is C45H70O3. The van der Waals surface area contributed by atoms with Crippen LogP contribution >= 0.6 is 0 Å². The topological polar surface area (TPSA) is 57.5 Å². The van der Waals surface area contributed by atoms with Gasteiger partial charge in [-0.1, -0.05) is 64.8 Å². The highest BCUT2D eigenvalue weighted by Gasteiger charge is 2.61. The van der Waals surface area contributed by atoms with E-state index in [0.29, 0.717) is 53.5 Å². The largest absolute Gasteiger partial charge is 0.396 e. The van der Waals surface area contributed by atoms with Crippen LogP contribution in [0.15, 0.2) is 23.3 Å². The molecule has 0 aromatic heterocycles. The number of carbonyl (C=O) groups excluding carboxylic acids is 1. The van der Waals surface area contributed by atoms with Gasteiger partial charge < -0.3 is 10.2 Å². The average Bonchev–Trinajstić information content (AvgIpc) is 3.63. The second-order valence-electron chi connectivity index (χ2n) is 20.5. The number of hydrogen-bond donors (Lipinski definition) is 2. The third-order valence-electron chi connectivity index (χ3n) is 19.1. The minimum Gasteiger partial charge on any atom is -0.396 e. The quantitative estimate of drug-likeness (QED) is 0.279. The molecule has 0 bridgehead atoms. The third kappa shape index (κ3) is 4.80. The summed E-state index contributed by atoms with van der Waals surface area (Å²) in [6.07, 6.45) is 25.4. The van der Waals surface area contributed by atoms with Crippen molar-refractivity contribution < 1.29 is 15.0 Å². The zero-order valence-corrected chi connectivity index (χ0v) is 31.6. The second kappa shape index (κ2) is 12.1. The van der Waals surface area contributed by atoms with E-state index < -0.39 is 0 Å². The van der Waals surface area contributed by atoms with E-state index >= 15 is 0 Å². The molecular weight excluding hydrogens is 588 g/mol. The summed E-state index contributed by atoms with van der Waals surface area (Å²) < 4.78 is 0. The van der Waals surface area contributed by atoms with Crippen LogP contribution in [0, 0.1) is 92.7 Å². The van der Waals surface area contributed by atoms with E-state index in [9.17, 15) is 15.0 Å². The number of carbonyl (C=O) groups is 1. The number of aliphatic hydroxyl groups excluding tert-OH is 2. The van der Waals surface area contributed by atoms with Crippen LogP contribution in [0.3, 0.4) is 0 Å². The van der Waals surface area contributed by atoms with E-state index in [2.05, 4.69) is 53.7 Å². The number of rotatable bonds is 6. The van der Waals surface area contributed by atoms with Crippen molar-refractivity contribution in [2.45, 2.75) is 144 Å². The van der Waals surface area contributed by atoms with Gasteiger partial charge in [-0.25, -0.2) is 0 Å². The molecule has 48 heavy (non-hydrogen) atoms. The summed E-state index contributed by atoms with van der Waals surface area (Å²) in [5.74, 6) is 7.88. The van der Waals surface area contributed by atoms with Crippen molar-refractivity contribution in [3.05, 3.63) is 23.3 Å². The Labute approximate surface area is 293 Å². The maximum absolute atomic E-state index is 14.4. The summed E-state index contributed by atoms with van der Waals surface area (Å²) in [6, 6.07) is 0. The molecule has 3 nitrogen and oxygen atoms in total. The van der Waals surface area contributed by atoms with Crippen molar-refractivity contribution in [3.63, 3.8) is 0 Å². The molecule has 2 N–H and O–H groups in total. The van der Waals surface area contributed by atoms with Gasteiger partial charge in [-0.3, -0.25) is 4.79 Å². The van der Waals surface area contributed by atoms with Crippen molar-refractivity contribution in [3.8, 4) is 0 Å². The molecule has 0 amide bonds. The van der Waals surface area contributed by atoms with Gasteiger partial charge in [-0.2, -0.15) is 0 Å². The summed E-state index contributed by atoms with van der Waals surface area (Å²) in [5, 5.41) is 20.1. The normalized spacial score (nSPS) is 52.3. The van der Waals surface area contributed by atoms with Gasteiger partial charge in [0.25, 0.3) is 0 Å². The van der Waals surface area contributed by atoms with E-state index in [4.69, 9.17) is 0 Å². The zero-order valence-electron chi connectivity index (χ0n) is 31.6. The average molecular weight is 659 g/mol. The first-order chi connectivity index (χ1) is 22.9. The molecule has 3 heteroatoms. The Bertz CT molecular complexity index is 1230. The molecule has 0 aliphatic heterocycles. The fourth-order valence-electron chi connectivity index (χ4n) is 16.4. The fraction of sp³-hybridized carbons (Fsp3) is 0.889. The first-order valence-electron chi connectivity index (χ1n) is 21.1. The number of Topliss-reactive ketones (excluding diaryl/α,β-unsaturated/α-hetero) is 1. The van der Waals surface area contributed by atoms with E-state index in [1.54, 1.807) is 11.1 Å². The molecule has 268 valence electrons. The summed E-state index contributed by atoms with van der Waals surface area (Å²) >= 11 is 0. The Morgan fingerprint density at radius 1 is 0.604 bits per heavy atom. The molecule has 4 unspecified atom stereocenters. The highest BCUT2D eigenvalue weighted by Crippen LogP contribution is 2.69. The van der Waals surface area contributed by atoms with Crippen molar-refractivity contribution >= 4 is 5.78 Å².